The molecule has 0 aliphatic carbocycles. The Bertz CT molecular complexity index is 383. The van der Waals surface area contributed by atoms with Gasteiger partial charge in [0.05, 0.1) is 5.92 Å². The van der Waals surface area contributed by atoms with Crippen LogP contribution in [0.4, 0.5) is 0 Å². The first-order valence-corrected chi connectivity index (χ1v) is 6.93. The predicted octanol–water partition coefficient (Wildman–Crippen LogP) is 3.60. The fraction of sp³-hybridized carbons (Fsp3) is 0.562. The zero-order chi connectivity index (χ0) is 13.0. The molecule has 18 heavy (non-hydrogen) atoms. The van der Waals surface area contributed by atoms with Crippen LogP contribution in [0.5, 0.6) is 0 Å². The molecule has 0 radical (unpaired) electrons. The number of rotatable bonds is 6. The van der Waals surface area contributed by atoms with Crippen LogP contribution in [0.15, 0.2) is 30.3 Å². The standard InChI is InChI=1S/C16H22O2/c1-12(2)15-14(18-16(15)17)11-7-6-10-13-8-4-3-5-9-13/h3-5,8-9,12,14-15H,6-7,10-11H2,1-2H3. The van der Waals surface area contributed by atoms with Gasteiger partial charge in [0.1, 0.15) is 6.10 Å². The monoisotopic (exact) mass is 246 g/mol. The van der Waals surface area contributed by atoms with Crippen molar-refractivity contribution in [3.63, 3.8) is 0 Å². The van der Waals surface area contributed by atoms with Gasteiger partial charge in [-0.3, -0.25) is 4.79 Å². The van der Waals surface area contributed by atoms with E-state index in [9.17, 15) is 4.79 Å². The molecule has 2 unspecified atom stereocenters. The molecule has 1 saturated heterocycles. The topological polar surface area (TPSA) is 26.3 Å². The molecule has 2 heteroatoms. The van der Waals surface area contributed by atoms with Crippen LogP contribution >= 0.6 is 0 Å². The number of hydrogen-bond donors (Lipinski definition) is 0. The smallest absolute Gasteiger partial charge is 0.313 e. The molecule has 0 spiro atoms. The van der Waals surface area contributed by atoms with Crippen LogP contribution in [0.2, 0.25) is 0 Å². The molecule has 0 bridgehead atoms. The fourth-order valence-electron chi connectivity index (χ4n) is 2.64. The molecule has 1 aliphatic rings. The van der Waals surface area contributed by atoms with Crippen LogP contribution in [-0.4, -0.2) is 12.1 Å². The first kappa shape index (κ1) is 13.1. The van der Waals surface area contributed by atoms with E-state index in [0.717, 1.165) is 19.3 Å². The van der Waals surface area contributed by atoms with E-state index in [1.54, 1.807) is 0 Å². The fourth-order valence-corrected chi connectivity index (χ4v) is 2.64. The Hall–Kier alpha value is -1.31. The lowest BCUT2D eigenvalue weighted by atomic mass is 9.83. The maximum Gasteiger partial charge on any atom is 0.313 e. The van der Waals surface area contributed by atoms with Gasteiger partial charge in [-0.05, 0) is 37.2 Å². The summed E-state index contributed by atoms with van der Waals surface area (Å²) in [5.41, 5.74) is 1.39. The minimum absolute atomic E-state index is 0.00180. The van der Waals surface area contributed by atoms with Gasteiger partial charge in [-0.25, -0.2) is 0 Å². The Kier molecular flexibility index (Phi) is 4.40. The second-order valence-corrected chi connectivity index (χ2v) is 5.48. The van der Waals surface area contributed by atoms with E-state index < -0.39 is 0 Å². The predicted molar refractivity (Wildman–Crippen MR) is 72.2 cm³/mol. The molecule has 2 rings (SSSR count). The summed E-state index contributed by atoms with van der Waals surface area (Å²) in [7, 11) is 0. The first-order valence-electron chi connectivity index (χ1n) is 6.93. The van der Waals surface area contributed by atoms with Crippen LogP contribution in [0.3, 0.4) is 0 Å². The van der Waals surface area contributed by atoms with Gasteiger partial charge in [-0.1, -0.05) is 44.2 Å². The molecule has 0 amide bonds. The van der Waals surface area contributed by atoms with E-state index in [-0.39, 0.29) is 18.0 Å². The van der Waals surface area contributed by atoms with E-state index in [1.807, 2.05) is 6.07 Å². The molecular formula is C16H22O2. The minimum atomic E-state index is -0.00180. The van der Waals surface area contributed by atoms with Crippen LogP contribution in [-0.2, 0) is 16.0 Å². The lowest BCUT2D eigenvalue weighted by Gasteiger charge is -2.37. The molecule has 0 N–H and O–H groups in total. The Morgan fingerprint density at radius 1 is 1.17 bits per heavy atom. The van der Waals surface area contributed by atoms with Gasteiger partial charge < -0.3 is 4.74 Å². The van der Waals surface area contributed by atoms with Crippen molar-refractivity contribution in [2.45, 2.75) is 45.6 Å². The third kappa shape index (κ3) is 3.12. The molecule has 1 aliphatic heterocycles. The summed E-state index contributed by atoms with van der Waals surface area (Å²) in [6, 6.07) is 10.5. The van der Waals surface area contributed by atoms with Crippen LogP contribution < -0.4 is 0 Å². The molecule has 98 valence electrons. The normalized spacial score (nSPS) is 22.7. The van der Waals surface area contributed by atoms with Crippen molar-refractivity contribution in [3.05, 3.63) is 35.9 Å². The molecule has 1 fully saturated rings. The van der Waals surface area contributed by atoms with E-state index >= 15 is 0 Å². The molecule has 1 heterocycles. The van der Waals surface area contributed by atoms with Crippen molar-refractivity contribution in [2.24, 2.45) is 11.8 Å². The Labute approximate surface area is 109 Å². The highest BCUT2D eigenvalue weighted by atomic mass is 16.6. The lowest BCUT2D eigenvalue weighted by Crippen LogP contribution is -2.47. The number of esters is 1. The number of ether oxygens (including phenoxy) is 1. The number of aryl methyl sites for hydroxylation is 1. The first-order chi connectivity index (χ1) is 8.68. The molecule has 2 atom stereocenters. The number of cyclic esters (lactones) is 1. The highest BCUT2D eigenvalue weighted by Crippen LogP contribution is 2.32. The third-order valence-corrected chi connectivity index (χ3v) is 3.71. The zero-order valence-electron chi connectivity index (χ0n) is 11.3. The summed E-state index contributed by atoms with van der Waals surface area (Å²) in [6.07, 6.45) is 4.61. The molecule has 1 aromatic carbocycles. The van der Waals surface area contributed by atoms with Gasteiger partial charge in [0.2, 0.25) is 0 Å². The van der Waals surface area contributed by atoms with Gasteiger partial charge >= 0.3 is 5.97 Å². The number of carbonyl (C=O) groups excluding carboxylic acids is 1. The highest BCUT2D eigenvalue weighted by molar-refractivity contribution is 5.78. The Morgan fingerprint density at radius 2 is 1.89 bits per heavy atom. The average Bonchev–Trinajstić information content (AvgIpc) is 2.33. The quantitative estimate of drug-likeness (QED) is 0.566. The number of unbranched alkanes of at least 4 members (excludes halogenated alkanes) is 1. The Morgan fingerprint density at radius 3 is 2.50 bits per heavy atom. The largest absolute Gasteiger partial charge is 0.461 e. The van der Waals surface area contributed by atoms with Crippen molar-refractivity contribution >= 4 is 5.97 Å². The van der Waals surface area contributed by atoms with Gasteiger partial charge in [-0.2, -0.15) is 0 Å². The zero-order valence-corrected chi connectivity index (χ0v) is 11.3. The summed E-state index contributed by atoms with van der Waals surface area (Å²) < 4.78 is 5.23. The van der Waals surface area contributed by atoms with Crippen molar-refractivity contribution in [2.75, 3.05) is 0 Å². The van der Waals surface area contributed by atoms with Crippen LogP contribution in [0.1, 0.15) is 38.7 Å². The third-order valence-electron chi connectivity index (χ3n) is 3.71. The summed E-state index contributed by atoms with van der Waals surface area (Å²) in [4.78, 5) is 11.3. The molecule has 2 nitrogen and oxygen atoms in total. The molecule has 0 saturated carbocycles. The maximum atomic E-state index is 11.3. The van der Waals surface area contributed by atoms with Gasteiger partial charge in [-0.15, -0.1) is 0 Å². The van der Waals surface area contributed by atoms with Crippen LogP contribution in [0, 0.1) is 11.8 Å². The number of carbonyl (C=O) groups is 1. The summed E-state index contributed by atoms with van der Waals surface area (Å²) in [5.74, 6) is 0.546. The molecule has 1 aromatic rings. The number of hydrogen-bond acceptors (Lipinski definition) is 2. The summed E-state index contributed by atoms with van der Waals surface area (Å²) in [5, 5.41) is 0. The van der Waals surface area contributed by atoms with E-state index in [2.05, 4.69) is 38.1 Å². The SMILES string of the molecule is CC(C)C1C(=O)OC1CCCCc1ccccc1. The van der Waals surface area contributed by atoms with Crippen molar-refractivity contribution in [1.29, 1.82) is 0 Å². The van der Waals surface area contributed by atoms with E-state index in [1.165, 1.54) is 12.0 Å². The second-order valence-electron chi connectivity index (χ2n) is 5.48. The van der Waals surface area contributed by atoms with Crippen molar-refractivity contribution < 1.29 is 9.53 Å². The second kappa shape index (κ2) is 6.03. The van der Waals surface area contributed by atoms with Crippen molar-refractivity contribution in [3.8, 4) is 0 Å². The maximum absolute atomic E-state index is 11.3. The summed E-state index contributed by atoms with van der Waals surface area (Å²) >= 11 is 0. The number of benzene rings is 1. The van der Waals surface area contributed by atoms with Crippen molar-refractivity contribution in [1.82, 2.24) is 0 Å². The van der Waals surface area contributed by atoms with E-state index in [4.69, 9.17) is 4.74 Å². The Balaban J connectivity index is 1.66. The van der Waals surface area contributed by atoms with Crippen LogP contribution in [0.25, 0.3) is 0 Å². The minimum Gasteiger partial charge on any atom is -0.461 e. The van der Waals surface area contributed by atoms with Gasteiger partial charge in [0, 0.05) is 0 Å². The highest BCUT2D eigenvalue weighted by Gasteiger charge is 2.43. The average molecular weight is 246 g/mol. The molecule has 0 aromatic heterocycles. The lowest BCUT2D eigenvalue weighted by molar-refractivity contribution is -0.190. The molecular weight excluding hydrogens is 224 g/mol. The summed E-state index contributed by atoms with van der Waals surface area (Å²) in [6.45, 7) is 4.20. The van der Waals surface area contributed by atoms with Gasteiger partial charge in [0.15, 0.2) is 0 Å². The van der Waals surface area contributed by atoms with Gasteiger partial charge in [0.25, 0.3) is 0 Å². The van der Waals surface area contributed by atoms with E-state index in [0.29, 0.717) is 5.92 Å².